The van der Waals surface area contributed by atoms with E-state index < -0.39 is 65.2 Å². The molecule has 0 amide bonds. The number of ether oxygens (including phenoxy) is 3. The minimum absolute atomic E-state index is 0.0821. The molecule has 8 nitrogen and oxygen atoms in total. The predicted octanol–water partition coefficient (Wildman–Crippen LogP) is 4.39. The minimum Gasteiger partial charge on any atom is -0.458 e. The molecule has 214 valence electrons. The van der Waals surface area contributed by atoms with E-state index >= 15 is 0 Å². The van der Waals surface area contributed by atoms with E-state index in [0.717, 1.165) is 0 Å². The van der Waals surface area contributed by atoms with E-state index in [2.05, 4.69) is 0 Å². The molecule has 0 unspecified atom stereocenters. The lowest BCUT2D eigenvalue weighted by molar-refractivity contribution is -0.195. The van der Waals surface area contributed by atoms with Gasteiger partial charge in [-0.05, 0) is 37.0 Å². The van der Waals surface area contributed by atoms with Crippen molar-refractivity contribution < 1.29 is 38.8 Å². The Labute approximate surface area is 231 Å². The van der Waals surface area contributed by atoms with Gasteiger partial charge in [0.2, 0.25) is 0 Å². The van der Waals surface area contributed by atoms with Gasteiger partial charge in [-0.2, -0.15) is 0 Å². The zero-order chi connectivity index (χ0) is 29.1. The highest BCUT2D eigenvalue weighted by atomic mass is 16.6. The van der Waals surface area contributed by atoms with Crippen molar-refractivity contribution in [2.45, 2.75) is 91.3 Å². The number of fused-ring (bicyclic) bond motifs is 1. The van der Waals surface area contributed by atoms with E-state index in [1.165, 1.54) is 13.8 Å². The second kappa shape index (κ2) is 12.0. The van der Waals surface area contributed by atoms with Gasteiger partial charge >= 0.3 is 17.9 Å². The number of hydrogen-bond acceptors (Lipinski definition) is 8. The number of hydrogen-bond donors (Lipinski definition) is 2. The topological polar surface area (TPSA) is 119 Å². The quantitative estimate of drug-likeness (QED) is 0.327. The SMILES string of the molecule is CC(=O)O[C@H]1[C@@H](C)/C=C/C(C)(C)[C@H](O)C[C@@H](O)/C(C)=C/[C@H]2[C@@H](OC(=O)c3ccccc3)[C@H](C)C[C@@]21OC(C)=O. The maximum Gasteiger partial charge on any atom is 0.338 e. The molecule has 0 bridgehead atoms. The monoisotopic (exact) mass is 542 g/mol. The molecule has 39 heavy (non-hydrogen) atoms. The molecule has 0 saturated heterocycles. The normalized spacial score (nSPS) is 36.6. The third-order valence-corrected chi connectivity index (χ3v) is 8.06. The van der Waals surface area contributed by atoms with Crippen LogP contribution >= 0.6 is 0 Å². The lowest BCUT2D eigenvalue weighted by Gasteiger charge is -2.43. The van der Waals surface area contributed by atoms with Gasteiger partial charge in [-0.15, -0.1) is 0 Å². The molecule has 0 spiro atoms. The summed E-state index contributed by atoms with van der Waals surface area (Å²) in [5, 5.41) is 22.0. The average Bonchev–Trinajstić information content (AvgIpc) is 3.10. The molecule has 8 heteroatoms. The molecular weight excluding hydrogens is 500 g/mol. The van der Waals surface area contributed by atoms with Crippen molar-refractivity contribution in [1.29, 1.82) is 0 Å². The molecule has 8 atom stereocenters. The Balaban J connectivity index is 2.22. The number of rotatable bonds is 4. The highest BCUT2D eigenvalue weighted by Crippen LogP contribution is 2.51. The Morgan fingerprint density at radius 1 is 0.974 bits per heavy atom. The molecule has 1 saturated carbocycles. The van der Waals surface area contributed by atoms with Gasteiger partial charge < -0.3 is 24.4 Å². The van der Waals surface area contributed by atoms with Crippen LogP contribution < -0.4 is 0 Å². The molecule has 1 aromatic rings. The number of aliphatic hydroxyl groups is 2. The van der Waals surface area contributed by atoms with E-state index in [9.17, 15) is 24.6 Å². The smallest absolute Gasteiger partial charge is 0.338 e. The molecular formula is C31H42O8. The minimum atomic E-state index is -1.38. The van der Waals surface area contributed by atoms with Crippen LogP contribution in [-0.2, 0) is 23.8 Å². The maximum absolute atomic E-state index is 13.2. The average molecular weight is 543 g/mol. The molecule has 2 aliphatic rings. The van der Waals surface area contributed by atoms with Crippen LogP contribution in [0.4, 0.5) is 0 Å². The highest BCUT2D eigenvalue weighted by Gasteiger charge is 2.62. The van der Waals surface area contributed by atoms with E-state index in [0.29, 0.717) is 11.1 Å². The zero-order valence-corrected chi connectivity index (χ0v) is 23.9. The third-order valence-electron chi connectivity index (χ3n) is 8.06. The molecule has 0 aromatic heterocycles. The van der Waals surface area contributed by atoms with Gasteiger partial charge in [0, 0.05) is 31.6 Å². The predicted molar refractivity (Wildman–Crippen MR) is 145 cm³/mol. The van der Waals surface area contributed by atoms with Crippen molar-refractivity contribution in [3.63, 3.8) is 0 Å². The van der Waals surface area contributed by atoms with Crippen molar-refractivity contribution in [1.82, 2.24) is 0 Å². The van der Waals surface area contributed by atoms with Gasteiger partial charge in [0.15, 0.2) is 5.60 Å². The van der Waals surface area contributed by atoms with Crippen LogP contribution in [0.5, 0.6) is 0 Å². The molecule has 0 heterocycles. The van der Waals surface area contributed by atoms with Crippen molar-refractivity contribution in [3.8, 4) is 0 Å². The lowest BCUT2D eigenvalue weighted by Crippen LogP contribution is -2.55. The maximum atomic E-state index is 13.2. The van der Waals surface area contributed by atoms with Crippen LogP contribution in [0.15, 0.2) is 54.1 Å². The van der Waals surface area contributed by atoms with Gasteiger partial charge in [0.25, 0.3) is 0 Å². The molecule has 0 radical (unpaired) electrons. The van der Waals surface area contributed by atoms with Gasteiger partial charge in [0.1, 0.15) is 12.2 Å². The van der Waals surface area contributed by atoms with Crippen LogP contribution in [0.3, 0.4) is 0 Å². The first kappa shape index (κ1) is 30.6. The summed E-state index contributed by atoms with van der Waals surface area (Å²) in [6.45, 7) is 11.8. The number of carbonyl (C=O) groups excluding carboxylic acids is 3. The summed E-state index contributed by atoms with van der Waals surface area (Å²) in [5.74, 6) is -3.11. The Morgan fingerprint density at radius 3 is 2.21 bits per heavy atom. The second-order valence-electron chi connectivity index (χ2n) is 11.7. The Hall–Kier alpha value is -2.97. The Bertz CT molecular complexity index is 1110. The molecule has 2 N–H and O–H groups in total. The van der Waals surface area contributed by atoms with E-state index in [1.54, 1.807) is 43.3 Å². The third kappa shape index (κ3) is 6.79. The number of benzene rings is 1. The highest BCUT2D eigenvalue weighted by molar-refractivity contribution is 5.89. The van der Waals surface area contributed by atoms with Gasteiger partial charge in [-0.1, -0.05) is 64.1 Å². The van der Waals surface area contributed by atoms with Crippen molar-refractivity contribution in [3.05, 3.63) is 59.7 Å². The Kier molecular flexibility index (Phi) is 9.44. The van der Waals surface area contributed by atoms with Crippen molar-refractivity contribution >= 4 is 17.9 Å². The number of aliphatic hydroxyl groups excluding tert-OH is 2. The zero-order valence-electron chi connectivity index (χ0n) is 23.9. The summed E-state index contributed by atoms with van der Waals surface area (Å²) in [7, 11) is 0. The molecule has 1 aromatic carbocycles. The van der Waals surface area contributed by atoms with Crippen LogP contribution in [0.2, 0.25) is 0 Å². The van der Waals surface area contributed by atoms with Crippen LogP contribution in [0.25, 0.3) is 0 Å². The fraction of sp³-hybridized carbons (Fsp3) is 0.581. The molecule has 2 aliphatic carbocycles. The van der Waals surface area contributed by atoms with E-state index in [4.69, 9.17) is 14.2 Å². The standard InChI is InChI=1S/C31H42O8/c1-18-13-14-30(6,7)26(35)16-25(34)19(2)15-24-27(38-29(36)23-11-9-8-10-12-23)20(3)17-31(24,39-22(5)33)28(18)37-21(4)32/h8-15,18,20,24-28,34-35H,16-17H2,1-7H3/b14-13+,19-15+/t18-,20+,24-,25+,26+,27-,28-,31+/m0/s1. The number of carbonyl (C=O) groups is 3. The van der Waals surface area contributed by atoms with Crippen LogP contribution in [0.1, 0.15) is 71.7 Å². The summed E-state index contributed by atoms with van der Waals surface area (Å²) in [5.41, 5.74) is -1.17. The van der Waals surface area contributed by atoms with Crippen molar-refractivity contribution in [2.24, 2.45) is 23.2 Å². The fourth-order valence-electron chi connectivity index (χ4n) is 5.86. The summed E-state index contributed by atoms with van der Waals surface area (Å²) in [6.07, 6.45) is 2.23. The molecule has 0 aliphatic heterocycles. The molecule has 3 rings (SSSR count). The van der Waals surface area contributed by atoms with E-state index in [-0.39, 0.29) is 18.8 Å². The van der Waals surface area contributed by atoms with Gasteiger partial charge in [-0.25, -0.2) is 4.79 Å². The van der Waals surface area contributed by atoms with Crippen LogP contribution in [-0.4, -0.2) is 58.1 Å². The summed E-state index contributed by atoms with van der Waals surface area (Å²) >= 11 is 0. The van der Waals surface area contributed by atoms with E-state index in [1.807, 2.05) is 39.8 Å². The van der Waals surface area contributed by atoms with Gasteiger partial charge in [0.05, 0.1) is 23.7 Å². The number of esters is 3. The largest absolute Gasteiger partial charge is 0.458 e. The summed E-state index contributed by atoms with van der Waals surface area (Å²) in [4.78, 5) is 38.2. The summed E-state index contributed by atoms with van der Waals surface area (Å²) in [6, 6.07) is 8.60. The first-order chi connectivity index (χ1) is 18.2. The second-order valence-corrected chi connectivity index (χ2v) is 11.7. The van der Waals surface area contributed by atoms with Crippen molar-refractivity contribution in [2.75, 3.05) is 0 Å². The fourth-order valence-corrected chi connectivity index (χ4v) is 5.86. The molecule has 1 fully saturated rings. The van der Waals surface area contributed by atoms with Crippen LogP contribution in [0, 0.1) is 23.2 Å². The first-order valence-corrected chi connectivity index (χ1v) is 13.5. The first-order valence-electron chi connectivity index (χ1n) is 13.5. The lowest BCUT2D eigenvalue weighted by atomic mass is 9.75. The van der Waals surface area contributed by atoms with Gasteiger partial charge in [-0.3, -0.25) is 9.59 Å². The Morgan fingerprint density at radius 2 is 1.62 bits per heavy atom. The summed E-state index contributed by atoms with van der Waals surface area (Å²) < 4.78 is 18.1.